The zero-order valence-electron chi connectivity index (χ0n) is 8.74. The molecule has 1 rings (SSSR count). The number of rotatable bonds is 3. The van der Waals surface area contributed by atoms with Crippen LogP contribution in [0.3, 0.4) is 0 Å². The summed E-state index contributed by atoms with van der Waals surface area (Å²) in [7, 11) is 1.33. The van der Waals surface area contributed by atoms with Gasteiger partial charge >= 0.3 is 5.97 Å². The molecule has 1 aromatic rings. The number of hydrogen-bond donors (Lipinski definition) is 0. The summed E-state index contributed by atoms with van der Waals surface area (Å²) in [5, 5.41) is 0. The molecule has 1 aromatic carbocycles. The Balaban J connectivity index is 2.55. The molecule has 0 saturated heterocycles. The minimum absolute atomic E-state index is 0.0741. The van der Waals surface area contributed by atoms with Crippen LogP contribution in [-0.4, -0.2) is 19.7 Å². The Bertz CT molecular complexity index is 382. The number of hydrogen-bond acceptors (Lipinski definition) is 3. The summed E-state index contributed by atoms with van der Waals surface area (Å²) in [4.78, 5) is 10.8. The van der Waals surface area contributed by atoms with Gasteiger partial charge in [0, 0.05) is 5.56 Å². The lowest BCUT2D eigenvalue weighted by atomic mass is 10.2. The maximum Gasteiger partial charge on any atom is 0.343 e. The normalized spacial score (nSPS) is 8.67. The number of carbonyl (C=O) groups is 1. The molecule has 0 bridgehead atoms. The molecule has 0 aliphatic heterocycles. The first-order chi connectivity index (χ1) is 7.26. The van der Waals surface area contributed by atoms with Gasteiger partial charge in [-0.2, -0.15) is 0 Å². The van der Waals surface area contributed by atoms with E-state index in [0.717, 1.165) is 5.56 Å². The van der Waals surface area contributed by atoms with Crippen molar-refractivity contribution in [2.75, 3.05) is 13.7 Å². The zero-order valence-corrected chi connectivity index (χ0v) is 8.74. The number of esters is 1. The summed E-state index contributed by atoms with van der Waals surface area (Å²) in [5.41, 5.74) is 0.919. The third kappa shape index (κ3) is 3.74. The highest BCUT2D eigenvalue weighted by Crippen LogP contribution is 2.11. The van der Waals surface area contributed by atoms with Crippen LogP contribution in [0.5, 0.6) is 5.75 Å². The second-order valence-electron chi connectivity index (χ2n) is 2.76. The minimum atomic E-state index is -0.396. The van der Waals surface area contributed by atoms with Gasteiger partial charge < -0.3 is 9.47 Å². The molecule has 0 aliphatic carbocycles. The highest BCUT2D eigenvalue weighted by Gasteiger charge is 2.00. The predicted molar refractivity (Wildman–Crippen MR) is 56.5 cm³/mol. The van der Waals surface area contributed by atoms with E-state index in [0.29, 0.717) is 5.75 Å². The van der Waals surface area contributed by atoms with E-state index < -0.39 is 5.97 Å². The van der Waals surface area contributed by atoms with E-state index in [-0.39, 0.29) is 6.61 Å². The van der Waals surface area contributed by atoms with E-state index >= 15 is 0 Å². The van der Waals surface area contributed by atoms with Crippen molar-refractivity contribution in [3.63, 3.8) is 0 Å². The maximum atomic E-state index is 10.8. The Hall–Kier alpha value is -1.95. The molecule has 0 N–H and O–H groups in total. The molecular formula is C12H12O3. The highest BCUT2D eigenvalue weighted by molar-refractivity contribution is 5.70. The Labute approximate surface area is 89.0 Å². The molecule has 0 unspecified atom stereocenters. The molecule has 78 valence electrons. The summed E-state index contributed by atoms with van der Waals surface area (Å²) in [5.74, 6) is 5.94. The van der Waals surface area contributed by atoms with Gasteiger partial charge in [-0.05, 0) is 31.2 Å². The quantitative estimate of drug-likeness (QED) is 0.554. The van der Waals surface area contributed by atoms with Gasteiger partial charge in [0.2, 0.25) is 0 Å². The Morgan fingerprint density at radius 1 is 1.33 bits per heavy atom. The summed E-state index contributed by atoms with van der Waals surface area (Å²) >= 11 is 0. The molecule has 3 nitrogen and oxygen atoms in total. The Kier molecular flexibility index (Phi) is 4.24. The monoisotopic (exact) mass is 204 g/mol. The number of ether oxygens (including phenoxy) is 2. The lowest BCUT2D eigenvalue weighted by Crippen LogP contribution is -2.12. The van der Waals surface area contributed by atoms with Crippen molar-refractivity contribution in [3.05, 3.63) is 29.8 Å². The van der Waals surface area contributed by atoms with Crippen molar-refractivity contribution in [1.82, 2.24) is 0 Å². The molecule has 0 spiro atoms. The van der Waals surface area contributed by atoms with Crippen molar-refractivity contribution in [3.8, 4) is 17.6 Å². The molecule has 0 atom stereocenters. The lowest BCUT2D eigenvalue weighted by molar-refractivity contribution is -0.142. The smallest absolute Gasteiger partial charge is 0.343 e. The van der Waals surface area contributed by atoms with Crippen molar-refractivity contribution in [2.45, 2.75) is 6.92 Å². The van der Waals surface area contributed by atoms with E-state index in [9.17, 15) is 4.79 Å². The van der Waals surface area contributed by atoms with Crippen molar-refractivity contribution in [2.24, 2.45) is 0 Å². The van der Waals surface area contributed by atoms with Crippen LogP contribution in [0.1, 0.15) is 12.5 Å². The SMILES string of the molecule is CC#Cc1ccc(OCC(=O)OC)cc1. The first kappa shape index (κ1) is 11.1. The number of methoxy groups -OCH3 is 1. The molecule has 15 heavy (non-hydrogen) atoms. The predicted octanol–water partition coefficient (Wildman–Crippen LogP) is 1.61. The van der Waals surface area contributed by atoms with Gasteiger partial charge in [-0.15, -0.1) is 5.92 Å². The molecule has 0 aliphatic rings. The number of carbonyl (C=O) groups excluding carboxylic acids is 1. The molecular weight excluding hydrogens is 192 g/mol. The maximum absolute atomic E-state index is 10.8. The van der Waals surface area contributed by atoms with Crippen molar-refractivity contribution in [1.29, 1.82) is 0 Å². The largest absolute Gasteiger partial charge is 0.482 e. The topological polar surface area (TPSA) is 35.5 Å². The van der Waals surface area contributed by atoms with E-state index in [4.69, 9.17) is 4.74 Å². The number of benzene rings is 1. The fourth-order valence-electron chi connectivity index (χ4n) is 0.980. The summed E-state index contributed by atoms with van der Waals surface area (Å²) < 4.78 is 9.62. The fraction of sp³-hybridized carbons (Fsp3) is 0.250. The van der Waals surface area contributed by atoms with Crippen LogP contribution < -0.4 is 4.74 Å². The van der Waals surface area contributed by atoms with Crippen LogP contribution in [0.15, 0.2) is 24.3 Å². The average Bonchev–Trinajstić information content (AvgIpc) is 2.28. The van der Waals surface area contributed by atoms with Crippen LogP contribution in [0.4, 0.5) is 0 Å². The van der Waals surface area contributed by atoms with Crippen molar-refractivity contribution >= 4 is 5.97 Å². The Morgan fingerprint density at radius 3 is 2.53 bits per heavy atom. The molecule has 0 fully saturated rings. The molecule has 0 aromatic heterocycles. The van der Waals surface area contributed by atoms with Gasteiger partial charge in [-0.3, -0.25) is 0 Å². The van der Waals surface area contributed by atoms with E-state index in [1.807, 2.05) is 12.1 Å². The van der Waals surface area contributed by atoms with Gasteiger partial charge in [0.05, 0.1) is 7.11 Å². The Morgan fingerprint density at radius 2 is 2.00 bits per heavy atom. The van der Waals surface area contributed by atoms with Crippen LogP contribution >= 0.6 is 0 Å². The summed E-state index contributed by atoms with van der Waals surface area (Å²) in [6.07, 6.45) is 0. The van der Waals surface area contributed by atoms with Gasteiger partial charge in [0.1, 0.15) is 5.75 Å². The van der Waals surface area contributed by atoms with Crippen LogP contribution in [0.25, 0.3) is 0 Å². The molecule has 0 radical (unpaired) electrons. The summed E-state index contributed by atoms with van der Waals surface area (Å²) in [6.45, 7) is 1.71. The molecule has 0 saturated carbocycles. The second-order valence-corrected chi connectivity index (χ2v) is 2.76. The lowest BCUT2D eigenvalue weighted by Gasteiger charge is -2.03. The average molecular weight is 204 g/mol. The first-order valence-electron chi connectivity index (χ1n) is 4.48. The van der Waals surface area contributed by atoms with E-state index in [1.54, 1.807) is 19.1 Å². The minimum Gasteiger partial charge on any atom is -0.482 e. The van der Waals surface area contributed by atoms with Crippen molar-refractivity contribution < 1.29 is 14.3 Å². The van der Waals surface area contributed by atoms with Crippen LogP contribution in [-0.2, 0) is 9.53 Å². The van der Waals surface area contributed by atoms with E-state index in [1.165, 1.54) is 7.11 Å². The van der Waals surface area contributed by atoms with Gasteiger partial charge in [0.25, 0.3) is 0 Å². The first-order valence-corrected chi connectivity index (χ1v) is 4.48. The molecule has 0 heterocycles. The zero-order chi connectivity index (χ0) is 11.1. The summed E-state index contributed by atoms with van der Waals surface area (Å²) in [6, 6.07) is 7.21. The van der Waals surface area contributed by atoms with Crippen LogP contribution in [0.2, 0.25) is 0 Å². The second kappa shape index (κ2) is 5.71. The van der Waals surface area contributed by atoms with Crippen LogP contribution in [0, 0.1) is 11.8 Å². The van der Waals surface area contributed by atoms with Gasteiger partial charge in [0.15, 0.2) is 6.61 Å². The van der Waals surface area contributed by atoms with Gasteiger partial charge in [-0.1, -0.05) is 5.92 Å². The fourth-order valence-corrected chi connectivity index (χ4v) is 0.980. The highest BCUT2D eigenvalue weighted by atomic mass is 16.6. The van der Waals surface area contributed by atoms with Gasteiger partial charge in [-0.25, -0.2) is 4.79 Å². The standard InChI is InChI=1S/C12H12O3/c1-3-4-10-5-7-11(8-6-10)15-9-12(13)14-2/h5-8H,9H2,1-2H3. The third-order valence-corrected chi connectivity index (χ3v) is 1.71. The van der Waals surface area contributed by atoms with E-state index in [2.05, 4.69) is 16.6 Å². The molecule has 3 heteroatoms. The third-order valence-electron chi connectivity index (χ3n) is 1.71. The molecule has 0 amide bonds.